The molecule has 10 nitrogen and oxygen atoms in total. The lowest BCUT2D eigenvalue weighted by Gasteiger charge is -2.35. The maximum absolute atomic E-state index is 13.3. The van der Waals surface area contributed by atoms with Gasteiger partial charge in [-0.05, 0) is 48.2 Å². The van der Waals surface area contributed by atoms with E-state index in [0.717, 1.165) is 35.3 Å². The summed E-state index contributed by atoms with van der Waals surface area (Å²) in [5.41, 5.74) is 1.77. The smallest absolute Gasteiger partial charge is 0.257 e. The van der Waals surface area contributed by atoms with E-state index in [1.807, 2.05) is 18.2 Å². The highest BCUT2D eigenvalue weighted by atomic mass is 32.1. The van der Waals surface area contributed by atoms with Gasteiger partial charge in [-0.15, -0.1) is 0 Å². The monoisotopic (exact) mass is 547 g/mol. The van der Waals surface area contributed by atoms with Crippen LogP contribution in [-0.4, -0.2) is 55.8 Å². The summed E-state index contributed by atoms with van der Waals surface area (Å²) in [7, 11) is 0. The van der Waals surface area contributed by atoms with E-state index >= 15 is 0 Å². The number of benzene rings is 1. The van der Waals surface area contributed by atoms with Crippen LogP contribution in [0.3, 0.4) is 0 Å². The maximum Gasteiger partial charge on any atom is 0.257 e. The Morgan fingerprint density at radius 2 is 1.90 bits per heavy atom. The summed E-state index contributed by atoms with van der Waals surface area (Å²) in [5.74, 6) is 2.80. The Morgan fingerprint density at radius 3 is 2.59 bits per heavy atom. The minimum atomic E-state index is -0.212. The Bertz CT molecular complexity index is 1400. The van der Waals surface area contributed by atoms with Crippen molar-refractivity contribution in [2.75, 3.05) is 41.7 Å². The zero-order chi connectivity index (χ0) is 27.4. The normalized spacial score (nSPS) is 14.5. The molecule has 1 saturated heterocycles. The van der Waals surface area contributed by atoms with Crippen molar-refractivity contribution in [3.8, 4) is 5.75 Å². The second-order valence-electron chi connectivity index (χ2n) is 9.80. The molecule has 1 atom stereocenters. The molecular formula is C28H33N7O3S. The molecular weight excluding hydrogens is 514 g/mol. The molecule has 1 amide bonds. The molecule has 4 aromatic rings. The Kier molecular flexibility index (Phi) is 7.97. The summed E-state index contributed by atoms with van der Waals surface area (Å²) in [6, 6.07) is 12.9. The summed E-state index contributed by atoms with van der Waals surface area (Å²) in [6.45, 7) is 8.76. The Labute approximate surface area is 232 Å². The number of furan rings is 1. The quantitative estimate of drug-likeness (QED) is 0.229. The lowest BCUT2D eigenvalue weighted by atomic mass is 10.1. The average Bonchev–Trinajstić information content (AvgIpc) is 3.63. The second-order valence-corrected chi connectivity index (χ2v) is 10.3. The average molecular weight is 548 g/mol. The zero-order valence-corrected chi connectivity index (χ0v) is 23.1. The predicted molar refractivity (Wildman–Crippen MR) is 153 cm³/mol. The highest BCUT2D eigenvalue weighted by Crippen LogP contribution is 2.35. The first-order valence-electron chi connectivity index (χ1n) is 13.2. The van der Waals surface area contributed by atoms with Crippen LogP contribution in [0.1, 0.15) is 60.8 Å². The number of phenolic OH excluding ortho intramolecular Hbond substituents is 1. The number of pyridine rings is 1. The third-order valence-corrected chi connectivity index (χ3v) is 7.45. The predicted octanol–water partition coefficient (Wildman–Crippen LogP) is 5.62. The van der Waals surface area contributed by atoms with E-state index in [1.54, 1.807) is 35.6 Å². The summed E-state index contributed by atoms with van der Waals surface area (Å²) in [5, 5.41) is 17.6. The fourth-order valence-corrected chi connectivity index (χ4v) is 5.03. The van der Waals surface area contributed by atoms with Crippen molar-refractivity contribution in [2.24, 2.45) is 0 Å². The van der Waals surface area contributed by atoms with Gasteiger partial charge in [0.15, 0.2) is 17.4 Å². The number of hydrogen-bond acceptors (Lipinski definition) is 10. The number of nitrogens with one attached hydrogen (secondary N) is 2. The van der Waals surface area contributed by atoms with E-state index in [9.17, 15) is 9.90 Å². The van der Waals surface area contributed by atoms with Gasteiger partial charge in [-0.3, -0.25) is 4.79 Å². The van der Waals surface area contributed by atoms with Crippen LogP contribution in [0.5, 0.6) is 5.75 Å². The molecule has 0 spiro atoms. The molecule has 0 bridgehead atoms. The topological polar surface area (TPSA) is 120 Å². The molecule has 39 heavy (non-hydrogen) atoms. The molecule has 5 rings (SSSR count). The standard InChI is InChI=1S/C28H33N7O3S/c1-4-21(23-16-19(17-38-23)18(2)3)30-26-27(33-39-32-26)31-22-9-7-8-20(25(22)36)28(37)35-14-12-34(13-15-35)24-10-5-6-11-29-24/h5-11,16-18,21,36H,4,12-15H2,1-3H3,(H,30,32)(H,31,33)/t21-/m1/s1. The molecule has 1 aromatic carbocycles. The fraction of sp³-hybridized carbons (Fsp3) is 0.357. The van der Waals surface area contributed by atoms with Crippen molar-refractivity contribution >= 4 is 40.8 Å². The molecule has 204 valence electrons. The van der Waals surface area contributed by atoms with Gasteiger partial charge < -0.3 is 30.0 Å². The van der Waals surface area contributed by atoms with Crippen molar-refractivity contribution < 1.29 is 14.3 Å². The van der Waals surface area contributed by atoms with E-state index in [0.29, 0.717) is 49.4 Å². The van der Waals surface area contributed by atoms with E-state index in [2.05, 4.69) is 56.1 Å². The summed E-state index contributed by atoms with van der Waals surface area (Å²) in [4.78, 5) is 21.6. The van der Waals surface area contributed by atoms with Crippen LogP contribution in [0.4, 0.5) is 23.1 Å². The molecule has 1 aliphatic heterocycles. The zero-order valence-electron chi connectivity index (χ0n) is 22.3. The largest absolute Gasteiger partial charge is 0.505 e. The molecule has 0 aliphatic carbocycles. The third kappa shape index (κ3) is 5.83. The summed E-state index contributed by atoms with van der Waals surface area (Å²) >= 11 is 1.06. The van der Waals surface area contributed by atoms with Crippen LogP contribution in [-0.2, 0) is 0 Å². The third-order valence-electron chi connectivity index (χ3n) is 6.92. The van der Waals surface area contributed by atoms with E-state index in [4.69, 9.17) is 4.42 Å². The van der Waals surface area contributed by atoms with Gasteiger partial charge in [-0.1, -0.05) is 32.9 Å². The van der Waals surface area contributed by atoms with Gasteiger partial charge in [0, 0.05) is 32.4 Å². The molecule has 11 heteroatoms. The van der Waals surface area contributed by atoms with Crippen LogP contribution in [0.25, 0.3) is 0 Å². The molecule has 1 fully saturated rings. The number of para-hydroxylation sites is 1. The Hall–Kier alpha value is -4.12. The van der Waals surface area contributed by atoms with E-state index < -0.39 is 0 Å². The number of nitrogens with zero attached hydrogens (tertiary/aromatic N) is 5. The molecule has 0 unspecified atom stereocenters. The van der Waals surface area contributed by atoms with Crippen molar-refractivity contribution in [2.45, 2.75) is 39.2 Å². The number of anilines is 4. The first kappa shape index (κ1) is 26.5. The van der Waals surface area contributed by atoms with Gasteiger partial charge in [-0.25, -0.2) is 4.98 Å². The Balaban J connectivity index is 1.27. The maximum atomic E-state index is 13.3. The molecule has 4 heterocycles. The SMILES string of the molecule is CC[C@@H](Nc1nsnc1Nc1cccc(C(=O)N2CCN(c3ccccn3)CC2)c1O)c1cc(C(C)C)co1. The number of carbonyl (C=O) groups excluding carboxylic acids is 1. The van der Waals surface area contributed by atoms with Gasteiger partial charge in [-0.2, -0.15) is 8.75 Å². The van der Waals surface area contributed by atoms with E-state index in [-0.39, 0.29) is 23.3 Å². The van der Waals surface area contributed by atoms with Crippen LogP contribution in [0.2, 0.25) is 0 Å². The Morgan fingerprint density at radius 1 is 1.10 bits per heavy atom. The molecule has 3 N–H and O–H groups in total. The highest BCUT2D eigenvalue weighted by Gasteiger charge is 2.26. The lowest BCUT2D eigenvalue weighted by molar-refractivity contribution is 0.0743. The summed E-state index contributed by atoms with van der Waals surface area (Å²) in [6.07, 6.45) is 4.34. The van der Waals surface area contributed by atoms with Gasteiger partial charge in [0.05, 0.1) is 35.3 Å². The molecule has 3 aromatic heterocycles. The van der Waals surface area contributed by atoms with Crippen LogP contribution in [0, 0.1) is 0 Å². The van der Waals surface area contributed by atoms with Gasteiger partial charge in [0.2, 0.25) is 0 Å². The van der Waals surface area contributed by atoms with Crippen LogP contribution >= 0.6 is 11.7 Å². The summed E-state index contributed by atoms with van der Waals surface area (Å²) < 4.78 is 14.6. The first-order chi connectivity index (χ1) is 18.9. The second kappa shape index (κ2) is 11.7. The van der Waals surface area contributed by atoms with Crippen molar-refractivity contribution in [3.63, 3.8) is 0 Å². The number of aromatic hydroxyl groups is 1. The van der Waals surface area contributed by atoms with E-state index in [1.165, 1.54) is 0 Å². The minimum Gasteiger partial charge on any atom is -0.505 e. The van der Waals surface area contributed by atoms with Crippen molar-refractivity contribution in [3.05, 3.63) is 71.8 Å². The first-order valence-corrected chi connectivity index (χ1v) is 13.9. The van der Waals surface area contributed by atoms with Gasteiger partial charge in [0.1, 0.15) is 11.6 Å². The van der Waals surface area contributed by atoms with Gasteiger partial charge in [0.25, 0.3) is 5.91 Å². The number of aromatic nitrogens is 3. The number of phenols is 1. The molecule has 0 saturated carbocycles. The number of carbonyl (C=O) groups is 1. The fourth-order valence-electron chi connectivity index (χ4n) is 4.55. The molecule has 1 aliphatic rings. The highest BCUT2D eigenvalue weighted by molar-refractivity contribution is 6.99. The minimum absolute atomic E-state index is 0.0896. The molecule has 0 radical (unpaired) electrons. The lowest BCUT2D eigenvalue weighted by Crippen LogP contribution is -2.49. The van der Waals surface area contributed by atoms with Crippen LogP contribution in [0.15, 0.2) is 59.3 Å². The number of hydrogen-bond donors (Lipinski definition) is 3. The van der Waals surface area contributed by atoms with Crippen molar-refractivity contribution in [1.29, 1.82) is 0 Å². The van der Waals surface area contributed by atoms with Crippen LogP contribution < -0.4 is 15.5 Å². The van der Waals surface area contributed by atoms with Crippen molar-refractivity contribution in [1.82, 2.24) is 18.6 Å². The number of amides is 1. The number of piperazine rings is 1. The number of rotatable bonds is 9. The van der Waals surface area contributed by atoms with Gasteiger partial charge >= 0.3 is 0 Å².